The molecule has 0 heterocycles. The van der Waals surface area contributed by atoms with Crippen molar-refractivity contribution in [2.45, 2.75) is 47.5 Å². The fraction of sp³-hybridized carbons (Fsp3) is 1.00. The fourth-order valence-corrected chi connectivity index (χ4v) is 1.07. The lowest BCUT2D eigenvalue weighted by molar-refractivity contribution is 0.327. The van der Waals surface area contributed by atoms with Gasteiger partial charge in [-0.05, 0) is 24.2 Å². The van der Waals surface area contributed by atoms with E-state index in [4.69, 9.17) is 0 Å². The third-order valence-corrected chi connectivity index (χ3v) is 2.61. The summed E-state index contributed by atoms with van der Waals surface area (Å²) in [5.41, 5.74) is 0. The maximum absolute atomic E-state index is 2.36. The van der Waals surface area contributed by atoms with Crippen LogP contribution in [0.2, 0.25) is 0 Å². The third kappa shape index (κ3) is 3.92. The standard InChI is InChI=1S/C10H22/c1-6-9(4)7-10(5)8(2)3/h8-10H,6-7H2,1-5H3/t9?,10-/m0/s1. The molecule has 0 aromatic rings. The largest absolute Gasteiger partial charge is 0.0651 e. The molecule has 0 aliphatic carbocycles. The van der Waals surface area contributed by atoms with Gasteiger partial charge in [-0.1, -0.05) is 41.0 Å². The fourth-order valence-electron chi connectivity index (χ4n) is 1.07. The van der Waals surface area contributed by atoms with Crippen LogP contribution in [0.3, 0.4) is 0 Å². The van der Waals surface area contributed by atoms with E-state index in [1.54, 1.807) is 0 Å². The van der Waals surface area contributed by atoms with Gasteiger partial charge in [0.05, 0.1) is 0 Å². The van der Waals surface area contributed by atoms with E-state index in [0.717, 1.165) is 17.8 Å². The van der Waals surface area contributed by atoms with E-state index in [2.05, 4.69) is 34.6 Å². The summed E-state index contributed by atoms with van der Waals surface area (Å²) in [7, 11) is 0. The average Bonchev–Trinajstić information content (AvgIpc) is 1.87. The van der Waals surface area contributed by atoms with Crippen molar-refractivity contribution in [2.24, 2.45) is 17.8 Å². The second kappa shape index (κ2) is 4.76. The normalized spacial score (nSPS) is 17.4. The Kier molecular flexibility index (Phi) is 4.76. The molecule has 0 aliphatic rings. The van der Waals surface area contributed by atoms with Gasteiger partial charge < -0.3 is 0 Å². The Bertz CT molecular complexity index is 74.1. The van der Waals surface area contributed by atoms with Crippen molar-refractivity contribution in [2.75, 3.05) is 0 Å². The van der Waals surface area contributed by atoms with E-state index >= 15 is 0 Å². The van der Waals surface area contributed by atoms with Crippen LogP contribution < -0.4 is 0 Å². The van der Waals surface area contributed by atoms with E-state index in [1.807, 2.05) is 0 Å². The Labute approximate surface area is 66.0 Å². The highest BCUT2D eigenvalue weighted by molar-refractivity contribution is 4.60. The maximum Gasteiger partial charge on any atom is -0.0417 e. The summed E-state index contributed by atoms with van der Waals surface area (Å²) in [6, 6.07) is 0. The Balaban J connectivity index is 3.46. The molecule has 0 nitrogen and oxygen atoms in total. The molecule has 2 atom stereocenters. The van der Waals surface area contributed by atoms with Crippen molar-refractivity contribution in [3.05, 3.63) is 0 Å². The Morgan fingerprint density at radius 2 is 1.50 bits per heavy atom. The lowest BCUT2D eigenvalue weighted by Crippen LogP contribution is -2.08. The maximum atomic E-state index is 2.36. The molecular formula is C10H22. The van der Waals surface area contributed by atoms with Gasteiger partial charge in [-0.15, -0.1) is 0 Å². The molecule has 0 amide bonds. The molecule has 0 N–H and O–H groups in total. The third-order valence-electron chi connectivity index (χ3n) is 2.61. The molecule has 0 radical (unpaired) electrons. The molecule has 0 saturated carbocycles. The smallest absolute Gasteiger partial charge is 0.0417 e. The van der Waals surface area contributed by atoms with Crippen LogP contribution in [0.4, 0.5) is 0 Å². The molecule has 0 heteroatoms. The van der Waals surface area contributed by atoms with Crippen LogP contribution >= 0.6 is 0 Å². The molecule has 0 saturated heterocycles. The van der Waals surface area contributed by atoms with Gasteiger partial charge in [0.2, 0.25) is 0 Å². The molecule has 0 aromatic heterocycles. The Hall–Kier alpha value is 0. The lowest BCUT2D eigenvalue weighted by atomic mass is 9.88. The van der Waals surface area contributed by atoms with Gasteiger partial charge in [0, 0.05) is 0 Å². The second-order valence-electron chi connectivity index (χ2n) is 3.97. The summed E-state index contributed by atoms with van der Waals surface area (Å²) >= 11 is 0. The monoisotopic (exact) mass is 142 g/mol. The zero-order valence-electron chi connectivity index (χ0n) is 8.15. The van der Waals surface area contributed by atoms with Crippen LogP contribution in [0.25, 0.3) is 0 Å². The van der Waals surface area contributed by atoms with Crippen molar-refractivity contribution in [1.82, 2.24) is 0 Å². The van der Waals surface area contributed by atoms with Crippen LogP contribution in [0.15, 0.2) is 0 Å². The SMILES string of the molecule is CCC(C)C[C@H](C)C(C)C. The molecule has 0 aromatic carbocycles. The first-order chi connectivity index (χ1) is 4.57. The van der Waals surface area contributed by atoms with E-state index in [1.165, 1.54) is 12.8 Å². The predicted molar refractivity (Wildman–Crippen MR) is 48.1 cm³/mol. The van der Waals surface area contributed by atoms with Crippen molar-refractivity contribution in [1.29, 1.82) is 0 Å². The first-order valence-corrected chi connectivity index (χ1v) is 4.57. The average molecular weight is 142 g/mol. The minimum absolute atomic E-state index is 0.856. The summed E-state index contributed by atoms with van der Waals surface area (Å²) in [4.78, 5) is 0. The minimum Gasteiger partial charge on any atom is -0.0651 e. The summed E-state index contributed by atoms with van der Waals surface area (Å²) in [6.45, 7) is 11.6. The van der Waals surface area contributed by atoms with Crippen LogP contribution in [-0.4, -0.2) is 0 Å². The van der Waals surface area contributed by atoms with Gasteiger partial charge in [0.25, 0.3) is 0 Å². The van der Waals surface area contributed by atoms with Crippen molar-refractivity contribution in [3.63, 3.8) is 0 Å². The highest BCUT2D eigenvalue weighted by Crippen LogP contribution is 2.20. The molecule has 0 spiro atoms. The van der Waals surface area contributed by atoms with Crippen molar-refractivity contribution < 1.29 is 0 Å². The zero-order chi connectivity index (χ0) is 8.15. The number of hydrogen-bond donors (Lipinski definition) is 0. The Morgan fingerprint density at radius 3 is 1.80 bits per heavy atom. The van der Waals surface area contributed by atoms with Crippen LogP contribution in [0.1, 0.15) is 47.5 Å². The quantitative estimate of drug-likeness (QED) is 0.561. The molecule has 0 bridgehead atoms. The lowest BCUT2D eigenvalue weighted by Gasteiger charge is -2.18. The van der Waals surface area contributed by atoms with Crippen molar-refractivity contribution >= 4 is 0 Å². The van der Waals surface area contributed by atoms with Gasteiger partial charge in [0.1, 0.15) is 0 Å². The van der Waals surface area contributed by atoms with E-state index in [-0.39, 0.29) is 0 Å². The van der Waals surface area contributed by atoms with E-state index < -0.39 is 0 Å². The van der Waals surface area contributed by atoms with Gasteiger partial charge in [-0.25, -0.2) is 0 Å². The molecule has 62 valence electrons. The molecular weight excluding hydrogens is 120 g/mol. The van der Waals surface area contributed by atoms with E-state index in [0.29, 0.717) is 0 Å². The van der Waals surface area contributed by atoms with Gasteiger partial charge >= 0.3 is 0 Å². The van der Waals surface area contributed by atoms with Gasteiger partial charge in [-0.3, -0.25) is 0 Å². The molecule has 1 unspecified atom stereocenters. The Morgan fingerprint density at radius 1 is 1.00 bits per heavy atom. The topological polar surface area (TPSA) is 0 Å². The number of rotatable bonds is 4. The summed E-state index contributed by atoms with van der Waals surface area (Å²) < 4.78 is 0. The minimum atomic E-state index is 0.856. The molecule has 0 aliphatic heterocycles. The molecule has 0 rings (SSSR count). The van der Waals surface area contributed by atoms with Gasteiger partial charge in [-0.2, -0.15) is 0 Å². The summed E-state index contributed by atoms with van der Waals surface area (Å²) in [5.74, 6) is 2.67. The first kappa shape index (κ1) is 10.0. The van der Waals surface area contributed by atoms with Crippen LogP contribution in [0.5, 0.6) is 0 Å². The summed E-state index contributed by atoms with van der Waals surface area (Å²) in [6.07, 6.45) is 2.73. The number of hydrogen-bond acceptors (Lipinski definition) is 0. The van der Waals surface area contributed by atoms with Crippen molar-refractivity contribution in [3.8, 4) is 0 Å². The predicted octanol–water partition coefficient (Wildman–Crippen LogP) is 3.71. The highest BCUT2D eigenvalue weighted by atomic mass is 14.2. The molecule has 0 fully saturated rings. The van der Waals surface area contributed by atoms with Crippen LogP contribution in [-0.2, 0) is 0 Å². The summed E-state index contributed by atoms with van der Waals surface area (Å²) in [5, 5.41) is 0. The van der Waals surface area contributed by atoms with E-state index in [9.17, 15) is 0 Å². The highest BCUT2D eigenvalue weighted by Gasteiger charge is 2.09. The first-order valence-electron chi connectivity index (χ1n) is 4.57. The van der Waals surface area contributed by atoms with Crippen LogP contribution in [0, 0.1) is 17.8 Å². The second-order valence-corrected chi connectivity index (χ2v) is 3.97. The molecule has 10 heavy (non-hydrogen) atoms. The zero-order valence-corrected chi connectivity index (χ0v) is 8.15. The van der Waals surface area contributed by atoms with Gasteiger partial charge in [0.15, 0.2) is 0 Å².